The maximum Gasteiger partial charge on any atom is 0.234 e. The average molecular weight is 353 g/mol. The summed E-state index contributed by atoms with van der Waals surface area (Å²) in [6.45, 7) is 2.00. The molecule has 1 amide bonds. The highest BCUT2D eigenvalue weighted by Crippen LogP contribution is 2.23. The number of amides is 1. The predicted molar refractivity (Wildman–Crippen MR) is 101 cm³/mol. The number of hydrogen-bond acceptors (Lipinski definition) is 4. The highest BCUT2D eigenvalue weighted by molar-refractivity contribution is 7.99. The Morgan fingerprint density at radius 3 is 2.88 bits per heavy atom. The van der Waals surface area contributed by atoms with E-state index in [-0.39, 0.29) is 11.7 Å². The Hall–Kier alpha value is -2.73. The lowest BCUT2D eigenvalue weighted by Gasteiger charge is -2.09. The molecular weight excluding hydrogens is 334 g/mol. The Morgan fingerprint density at radius 2 is 2.08 bits per heavy atom. The maximum atomic E-state index is 12.2. The van der Waals surface area contributed by atoms with Crippen molar-refractivity contribution >= 4 is 23.4 Å². The second kappa shape index (κ2) is 7.90. The van der Waals surface area contributed by atoms with Crippen LogP contribution in [0.25, 0.3) is 5.69 Å². The lowest BCUT2D eigenvalue weighted by atomic mass is 10.2. The van der Waals surface area contributed by atoms with Gasteiger partial charge in [0.15, 0.2) is 5.16 Å². The number of aromatic nitrogens is 2. The van der Waals surface area contributed by atoms with Crippen LogP contribution in [0.2, 0.25) is 0 Å². The minimum Gasteiger partial charge on any atom is -0.497 e. The fourth-order valence-corrected chi connectivity index (χ4v) is 3.18. The first-order valence-electron chi connectivity index (χ1n) is 7.83. The Kier molecular flexibility index (Phi) is 5.40. The number of nitrogens with one attached hydrogen (secondary N) is 1. The molecule has 0 bridgehead atoms. The number of rotatable bonds is 6. The third-order valence-corrected chi connectivity index (χ3v) is 4.54. The largest absolute Gasteiger partial charge is 0.497 e. The molecule has 1 heterocycles. The number of imidazole rings is 1. The Balaban J connectivity index is 1.66. The molecule has 3 rings (SSSR count). The zero-order chi connectivity index (χ0) is 17.6. The first kappa shape index (κ1) is 17.1. The second-order valence-corrected chi connectivity index (χ2v) is 6.43. The normalized spacial score (nSPS) is 10.5. The van der Waals surface area contributed by atoms with Gasteiger partial charge in [-0.25, -0.2) is 4.98 Å². The monoisotopic (exact) mass is 353 g/mol. The lowest BCUT2D eigenvalue weighted by Crippen LogP contribution is -2.14. The van der Waals surface area contributed by atoms with Gasteiger partial charge >= 0.3 is 0 Å². The zero-order valence-electron chi connectivity index (χ0n) is 14.1. The minimum atomic E-state index is -0.0595. The summed E-state index contributed by atoms with van der Waals surface area (Å²) in [7, 11) is 1.64. The van der Waals surface area contributed by atoms with E-state index in [2.05, 4.69) is 10.3 Å². The number of carbonyl (C=O) groups is 1. The Labute approximate surface area is 151 Å². The zero-order valence-corrected chi connectivity index (χ0v) is 14.9. The van der Waals surface area contributed by atoms with Crippen LogP contribution in [0, 0.1) is 6.92 Å². The molecule has 0 fully saturated rings. The number of thioether (sulfide) groups is 1. The van der Waals surface area contributed by atoms with Crippen LogP contribution in [-0.2, 0) is 4.79 Å². The summed E-state index contributed by atoms with van der Waals surface area (Å²) in [5, 5.41) is 3.66. The highest BCUT2D eigenvalue weighted by atomic mass is 32.2. The smallest absolute Gasteiger partial charge is 0.234 e. The van der Waals surface area contributed by atoms with E-state index in [1.165, 1.54) is 11.8 Å². The molecule has 0 aliphatic rings. The molecule has 0 spiro atoms. The molecule has 128 valence electrons. The molecular formula is C19H19N3O2S. The standard InChI is InChI=1S/C19H19N3O2S/c1-14-5-3-6-15(11-14)21-18(23)13-25-19-20-9-10-22(19)16-7-4-8-17(12-16)24-2/h3-12H,13H2,1-2H3,(H,21,23). The van der Waals surface area contributed by atoms with E-state index in [0.29, 0.717) is 0 Å². The summed E-state index contributed by atoms with van der Waals surface area (Å²) < 4.78 is 7.20. The van der Waals surface area contributed by atoms with Crippen LogP contribution < -0.4 is 10.1 Å². The van der Waals surface area contributed by atoms with Crippen molar-refractivity contribution in [2.75, 3.05) is 18.2 Å². The van der Waals surface area contributed by atoms with Crippen LogP contribution >= 0.6 is 11.8 Å². The van der Waals surface area contributed by atoms with Crippen LogP contribution in [0.3, 0.4) is 0 Å². The van der Waals surface area contributed by atoms with Crippen molar-refractivity contribution in [1.29, 1.82) is 0 Å². The van der Waals surface area contributed by atoms with E-state index in [9.17, 15) is 4.79 Å². The van der Waals surface area contributed by atoms with Gasteiger partial charge in [-0.3, -0.25) is 9.36 Å². The molecule has 0 saturated carbocycles. The molecule has 0 aliphatic heterocycles. The molecule has 6 heteroatoms. The van der Waals surface area contributed by atoms with E-state index in [4.69, 9.17) is 4.74 Å². The fourth-order valence-electron chi connectivity index (χ4n) is 2.40. The SMILES string of the molecule is COc1cccc(-n2ccnc2SCC(=O)Nc2cccc(C)c2)c1. The molecule has 5 nitrogen and oxygen atoms in total. The number of nitrogens with zero attached hydrogens (tertiary/aromatic N) is 2. The van der Waals surface area contributed by atoms with E-state index < -0.39 is 0 Å². The van der Waals surface area contributed by atoms with Gasteiger partial charge in [0.1, 0.15) is 5.75 Å². The Morgan fingerprint density at radius 1 is 1.24 bits per heavy atom. The van der Waals surface area contributed by atoms with Gasteiger partial charge in [-0.15, -0.1) is 0 Å². The molecule has 0 saturated heterocycles. The summed E-state index contributed by atoms with van der Waals surface area (Å²) in [6.07, 6.45) is 3.59. The summed E-state index contributed by atoms with van der Waals surface area (Å²) >= 11 is 1.39. The van der Waals surface area contributed by atoms with Crippen molar-refractivity contribution in [1.82, 2.24) is 9.55 Å². The van der Waals surface area contributed by atoms with E-state index in [0.717, 1.165) is 27.8 Å². The van der Waals surface area contributed by atoms with Gasteiger partial charge in [0.05, 0.1) is 18.6 Å². The number of methoxy groups -OCH3 is 1. The van der Waals surface area contributed by atoms with Crippen LogP contribution in [0.5, 0.6) is 5.75 Å². The topological polar surface area (TPSA) is 56.2 Å². The van der Waals surface area contributed by atoms with Crippen LogP contribution in [0.1, 0.15) is 5.56 Å². The molecule has 0 atom stereocenters. The van der Waals surface area contributed by atoms with Crippen molar-refractivity contribution in [3.05, 3.63) is 66.5 Å². The molecule has 1 aromatic heterocycles. The highest BCUT2D eigenvalue weighted by Gasteiger charge is 2.10. The third-order valence-electron chi connectivity index (χ3n) is 3.57. The van der Waals surface area contributed by atoms with Crippen molar-refractivity contribution < 1.29 is 9.53 Å². The molecule has 0 aliphatic carbocycles. The number of ether oxygens (including phenoxy) is 1. The van der Waals surface area contributed by atoms with Crippen molar-refractivity contribution in [3.63, 3.8) is 0 Å². The number of aryl methyl sites for hydroxylation is 1. The summed E-state index contributed by atoms with van der Waals surface area (Å²) in [6, 6.07) is 15.5. The average Bonchev–Trinajstić information content (AvgIpc) is 3.08. The van der Waals surface area contributed by atoms with E-state index in [1.807, 2.05) is 66.2 Å². The van der Waals surface area contributed by atoms with Crippen LogP contribution in [0.4, 0.5) is 5.69 Å². The molecule has 3 aromatic rings. The number of benzene rings is 2. The van der Waals surface area contributed by atoms with Gasteiger partial charge < -0.3 is 10.1 Å². The summed E-state index contributed by atoms with van der Waals surface area (Å²) in [5.41, 5.74) is 2.86. The van der Waals surface area contributed by atoms with Gasteiger partial charge in [-0.1, -0.05) is 30.0 Å². The van der Waals surface area contributed by atoms with Crippen LogP contribution in [0.15, 0.2) is 66.1 Å². The number of hydrogen-bond donors (Lipinski definition) is 1. The predicted octanol–water partition coefficient (Wildman–Crippen LogP) is 3.92. The van der Waals surface area contributed by atoms with Crippen molar-refractivity contribution in [3.8, 4) is 11.4 Å². The molecule has 25 heavy (non-hydrogen) atoms. The first-order valence-corrected chi connectivity index (χ1v) is 8.81. The fraction of sp³-hybridized carbons (Fsp3) is 0.158. The second-order valence-electron chi connectivity index (χ2n) is 5.49. The lowest BCUT2D eigenvalue weighted by molar-refractivity contribution is -0.113. The van der Waals surface area contributed by atoms with E-state index in [1.54, 1.807) is 13.3 Å². The van der Waals surface area contributed by atoms with Crippen LogP contribution in [-0.4, -0.2) is 28.3 Å². The summed E-state index contributed by atoms with van der Waals surface area (Å²) in [5.74, 6) is 1.00. The van der Waals surface area contributed by atoms with Gasteiger partial charge in [0.25, 0.3) is 0 Å². The quantitative estimate of drug-likeness (QED) is 0.683. The maximum absolute atomic E-state index is 12.2. The number of carbonyl (C=O) groups excluding carboxylic acids is 1. The van der Waals surface area contributed by atoms with Gasteiger partial charge in [-0.05, 0) is 36.8 Å². The van der Waals surface area contributed by atoms with Gasteiger partial charge in [-0.2, -0.15) is 0 Å². The van der Waals surface area contributed by atoms with E-state index >= 15 is 0 Å². The van der Waals surface area contributed by atoms with Gasteiger partial charge in [0.2, 0.25) is 5.91 Å². The summed E-state index contributed by atoms with van der Waals surface area (Å²) in [4.78, 5) is 16.5. The molecule has 0 radical (unpaired) electrons. The first-order chi connectivity index (χ1) is 12.2. The van der Waals surface area contributed by atoms with Crippen molar-refractivity contribution in [2.24, 2.45) is 0 Å². The molecule has 2 aromatic carbocycles. The number of anilines is 1. The van der Waals surface area contributed by atoms with Crippen molar-refractivity contribution in [2.45, 2.75) is 12.1 Å². The minimum absolute atomic E-state index is 0.0595. The third kappa shape index (κ3) is 4.42. The molecule has 0 unspecified atom stereocenters. The van der Waals surface area contributed by atoms with Gasteiger partial charge in [0, 0.05) is 24.1 Å². The Bertz CT molecular complexity index is 876. The molecule has 1 N–H and O–H groups in total.